The predicted octanol–water partition coefficient (Wildman–Crippen LogP) is 3.64. The number of ether oxygens (including phenoxy) is 1. The van der Waals surface area contributed by atoms with Gasteiger partial charge in [-0.2, -0.15) is 4.98 Å². The molecule has 0 spiro atoms. The van der Waals surface area contributed by atoms with Gasteiger partial charge in [-0.05, 0) is 38.0 Å². The van der Waals surface area contributed by atoms with Gasteiger partial charge in [0.25, 0.3) is 0 Å². The molecule has 0 bridgehead atoms. The number of aryl methyl sites for hydroxylation is 1. The highest BCUT2D eigenvalue weighted by Gasteiger charge is 2.27. The van der Waals surface area contributed by atoms with Crippen molar-refractivity contribution in [3.05, 3.63) is 41.3 Å². The number of nitrogen functional groups attached to an aromatic ring is 1. The van der Waals surface area contributed by atoms with Crippen molar-refractivity contribution in [1.82, 2.24) is 9.97 Å². The number of hydrogen-bond acceptors (Lipinski definition) is 5. The quantitative estimate of drug-likeness (QED) is 0.931. The number of methoxy groups -OCH3 is 1. The Kier molecular flexibility index (Phi) is 4.83. The molecule has 0 aliphatic carbocycles. The lowest BCUT2D eigenvalue weighted by molar-refractivity contribution is 0.411. The van der Waals surface area contributed by atoms with Crippen LogP contribution in [0.5, 0.6) is 5.75 Å². The van der Waals surface area contributed by atoms with Gasteiger partial charge in [0.2, 0.25) is 5.95 Å². The first-order valence-electron chi connectivity index (χ1n) is 8.29. The van der Waals surface area contributed by atoms with E-state index in [1.54, 1.807) is 19.2 Å². The van der Waals surface area contributed by atoms with Gasteiger partial charge in [-0.3, -0.25) is 0 Å². The van der Waals surface area contributed by atoms with Gasteiger partial charge >= 0.3 is 0 Å². The smallest absolute Gasteiger partial charge is 0.222 e. The van der Waals surface area contributed by atoms with Crippen LogP contribution in [0.3, 0.4) is 0 Å². The molecule has 6 heteroatoms. The summed E-state index contributed by atoms with van der Waals surface area (Å²) in [6, 6.07) is 6.72. The number of nitrogens with two attached hydrogens (primary N) is 1. The van der Waals surface area contributed by atoms with Crippen LogP contribution in [0.25, 0.3) is 0 Å². The Labute approximate surface area is 141 Å². The number of hydrogen-bond donors (Lipinski definition) is 1. The number of benzene rings is 1. The minimum atomic E-state index is -0.216. The molecule has 2 heterocycles. The number of anilines is 2. The van der Waals surface area contributed by atoms with Crippen LogP contribution in [0.15, 0.2) is 24.3 Å². The van der Waals surface area contributed by atoms with Crippen LogP contribution in [0.1, 0.15) is 43.0 Å². The van der Waals surface area contributed by atoms with E-state index in [2.05, 4.69) is 14.9 Å². The van der Waals surface area contributed by atoms with Crippen molar-refractivity contribution in [3.8, 4) is 5.75 Å². The summed E-state index contributed by atoms with van der Waals surface area (Å²) >= 11 is 0. The Bertz CT molecular complexity index is 702. The highest BCUT2D eigenvalue weighted by molar-refractivity contribution is 5.47. The monoisotopic (exact) mass is 330 g/mol. The first-order chi connectivity index (χ1) is 11.6. The second kappa shape index (κ2) is 7.03. The van der Waals surface area contributed by atoms with Crippen molar-refractivity contribution in [3.63, 3.8) is 0 Å². The summed E-state index contributed by atoms with van der Waals surface area (Å²) < 4.78 is 19.8. The van der Waals surface area contributed by atoms with Gasteiger partial charge in [0.15, 0.2) is 0 Å². The molecule has 1 fully saturated rings. The lowest BCUT2D eigenvalue weighted by atomic mass is 9.99. The number of halogens is 1. The van der Waals surface area contributed by atoms with Crippen molar-refractivity contribution in [2.24, 2.45) is 0 Å². The average molecular weight is 330 g/mol. The van der Waals surface area contributed by atoms with Gasteiger partial charge in [-0.15, -0.1) is 0 Å². The molecule has 0 radical (unpaired) electrons. The van der Waals surface area contributed by atoms with Crippen molar-refractivity contribution in [2.45, 2.75) is 38.6 Å². The zero-order chi connectivity index (χ0) is 17.1. The summed E-state index contributed by atoms with van der Waals surface area (Å²) in [6.45, 7) is 2.71. The van der Waals surface area contributed by atoms with Crippen LogP contribution in [-0.2, 0) is 0 Å². The molecule has 1 saturated heterocycles. The van der Waals surface area contributed by atoms with Gasteiger partial charge in [0.1, 0.15) is 17.4 Å². The first-order valence-corrected chi connectivity index (χ1v) is 8.29. The van der Waals surface area contributed by atoms with Crippen LogP contribution in [0.4, 0.5) is 16.2 Å². The summed E-state index contributed by atoms with van der Waals surface area (Å²) in [4.78, 5) is 10.7. The summed E-state index contributed by atoms with van der Waals surface area (Å²) in [5.41, 5.74) is 7.28. The Balaban J connectivity index is 2.05. The molecule has 128 valence electrons. The van der Waals surface area contributed by atoms with Gasteiger partial charge in [0.05, 0.1) is 13.2 Å². The third-order valence-electron chi connectivity index (χ3n) is 4.47. The number of rotatable bonds is 3. The SMILES string of the molecule is COc1ccc(F)c([C@H]2CCCCCN2c2cc(C)nc(N)n2)c1. The van der Waals surface area contributed by atoms with E-state index in [0.717, 1.165) is 43.7 Å². The molecular formula is C18H23FN4O. The largest absolute Gasteiger partial charge is 0.497 e. The van der Waals surface area contributed by atoms with Crippen molar-refractivity contribution in [2.75, 3.05) is 24.3 Å². The van der Waals surface area contributed by atoms with E-state index in [9.17, 15) is 4.39 Å². The van der Waals surface area contributed by atoms with Crippen LogP contribution < -0.4 is 15.4 Å². The Morgan fingerprint density at radius 1 is 1.21 bits per heavy atom. The maximum atomic E-state index is 14.5. The lowest BCUT2D eigenvalue weighted by Crippen LogP contribution is -2.30. The minimum absolute atomic E-state index is 0.0868. The molecule has 0 saturated carbocycles. The molecule has 1 aliphatic heterocycles. The van der Waals surface area contributed by atoms with Crippen LogP contribution in [0.2, 0.25) is 0 Å². The average Bonchev–Trinajstić information content (AvgIpc) is 2.80. The zero-order valence-corrected chi connectivity index (χ0v) is 14.1. The highest BCUT2D eigenvalue weighted by atomic mass is 19.1. The molecule has 0 amide bonds. The molecule has 0 unspecified atom stereocenters. The molecule has 2 N–H and O–H groups in total. The maximum absolute atomic E-state index is 14.5. The van der Waals surface area contributed by atoms with Crippen molar-refractivity contribution in [1.29, 1.82) is 0 Å². The molecule has 3 rings (SSSR count). The molecular weight excluding hydrogens is 307 g/mol. The summed E-state index contributed by atoms with van der Waals surface area (Å²) in [5, 5.41) is 0. The summed E-state index contributed by atoms with van der Waals surface area (Å²) in [6.07, 6.45) is 4.09. The second-order valence-electron chi connectivity index (χ2n) is 6.17. The number of nitrogens with zero attached hydrogens (tertiary/aromatic N) is 3. The van der Waals surface area contributed by atoms with E-state index >= 15 is 0 Å². The zero-order valence-electron chi connectivity index (χ0n) is 14.1. The molecule has 2 aromatic rings. The maximum Gasteiger partial charge on any atom is 0.222 e. The van der Waals surface area contributed by atoms with E-state index in [-0.39, 0.29) is 17.8 Å². The molecule has 1 aliphatic rings. The minimum Gasteiger partial charge on any atom is -0.497 e. The van der Waals surface area contributed by atoms with Crippen LogP contribution in [-0.4, -0.2) is 23.6 Å². The Morgan fingerprint density at radius 3 is 2.79 bits per heavy atom. The fraction of sp³-hybridized carbons (Fsp3) is 0.444. The fourth-order valence-electron chi connectivity index (χ4n) is 3.33. The molecule has 5 nitrogen and oxygen atoms in total. The molecule has 1 aromatic heterocycles. The predicted molar refractivity (Wildman–Crippen MR) is 92.7 cm³/mol. The third-order valence-corrected chi connectivity index (χ3v) is 4.47. The number of aromatic nitrogens is 2. The van der Waals surface area contributed by atoms with E-state index in [1.807, 2.05) is 13.0 Å². The summed E-state index contributed by atoms with van der Waals surface area (Å²) in [5.74, 6) is 1.45. The van der Waals surface area contributed by atoms with Gasteiger partial charge in [0, 0.05) is 23.9 Å². The molecule has 1 aromatic carbocycles. The fourth-order valence-corrected chi connectivity index (χ4v) is 3.33. The van der Waals surface area contributed by atoms with E-state index in [0.29, 0.717) is 11.3 Å². The van der Waals surface area contributed by atoms with Crippen LogP contribution >= 0.6 is 0 Å². The van der Waals surface area contributed by atoms with Gasteiger partial charge in [-0.1, -0.05) is 12.8 Å². The normalized spacial score (nSPS) is 18.3. The third kappa shape index (κ3) is 3.42. The lowest BCUT2D eigenvalue weighted by Gasteiger charge is -2.32. The van der Waals surface area contributed by atoms with Gasteiger partial charge < -0.3 is 15.4 Å². The molecule has 1 atom stereocenters. The van der Waals surface area contributed by atoms with E-state index in [4.69, 9.17) is 10.5 Å². The first kappa shape index (κ1) is 16.5. The van der Waals surface area contributed by atoms with Crippen LogP contribution in [0, 0.1) is 12.7 Å². The van der Waals surface area contributed by atoms with Crippen molar-refractivity contribution >= 4 is 11.8 Å². The van der Waals surface area contributed by atoms with Crippen molar-refractivity contribution < 1.29 is 9.13 Å². The standard InChI is InChI=1S/C18H23FN4O/c1-12-10-17(22-18(20)21-12)23-9-5-3-4-6-16(23)14-11-13(24-2)7-8-15(14)19/h7-8,10-11,16H,3-6,9H2,1-2H3,(H2,20,21,22)/t16-/m1/s1. The Hall–Kier alpha value is -2.37. The topological polar surface area (TPSA) is 64.3 Å². The highest BCUT2D eigenvalue weighted by Crippen LogP contribution is 2.36. The molecule has 24 heavy (non-hydrogen) atoms. The van der Waals surface area contributed by atoms with E-state index in [1.165, 1.54) is 6.07 Å². The van der Waals surface area contributed by atoms with E-state index < -0.39 is 0 Å². The van der Waals surface area contributed by atoms with Gasteiger partial charge in [-0.25, -0.2) is 9.37 Å². The summed E-state index contributed by atoms with van der Waals surface area (Å²) in [7, 11) is 1.59. The second-order valence-corrected chi connectivity index (χ2v) is 6.17. The Morgan fingerprint density at radius 2 is 2.04 bits per heavy atom.